The van der Waals surface area contributed by atoms with Gasteiger partial charge in [0, 0.05) is 19.5 Å². The summed E-state index contributed by atoms with van der Waals surface area (Å²) in [5.41, 5.74) is -0.765. The van der Waals surface area contributed by atoms with Crippen molar-refractivity contribution in [1.82, 2.24) is 4.90 Å². The fourth-order valence-corrected chi connectivity index (χ4v) is 2.54. The van der Waals surface area contributed by atoms with Gasteiger partial charge in [-0.1, -0.05) is 0 Å². The topological polar surface area (TPSA) is 49.8 Å². The van der Waals surface area contributed by atoms with Crippen molar-refractivity contribution in [2.24, 2.45) is 0 Å². The van der Waals surface area contributed by atoms with Crippen LogP contribution in [0.1, 0.15) is 32.6 Å². The zero-order valence-electron chi connectivity index (χ0n) is 12.3. The van der Waals surface area contributed by atoms with E-state index < -0.39 is 5.60 Å². The molecule has 0 radical (unpaired) electrons. The highest BCUT2D eigenvalue weighted by Gasteiger charge is 2.30. The molecule has 2 rings (SSSR count). The van der Waals surface area contributed by atoms with Crippen molar-refractivity contribution >= 4 is 5.91 Å². The normalized spacial score (nSPS) is 22.1. The minimum absolute atomic E-state index is 0.0534. The Morgan fingerprint density at radius 2 is 2.14 bits per heavy atom. The summed E-state index contributed by atoms with van der Waals surface area (Å²) < 4.78 is 18.2. The first-order valence-electron chi connectivity index (χ1n) is 7.35. The molecule has 1 amide bonds. The molecule has 1 heterocycles. The number of hydrogen-bond acceptors (Lipinski definition) is 3. The Morgan fingerprint density at radius 3 is 2.81 bits per heavy atom. The van der Waals surface area contributed by atoms with Crippen molar-refractivity contribution in [2.75, 3.05) is 19.7 Å². The first kappa shape index (κ1) is 15.8. The summed E-state index contributed by atoms with van der Waals surface area (Å²) in [4.78, 5) is 13.8. The van der Waals surface area contributed by atoms with E-state index >= 15 is 0 Å². The lowest BCUT2D eigenvalue weighted by Crippen LogP contribution is -2.48. The summed E-state index contributed by atoms with van der Waals surface area (Å²) in [6.45, 7) is 3.31. The van der Waals surface area contributed by atoms with E-state index in [-0.39, 0.29) is 11.7 Å². The molecule has 4 nitrogen and oxygen atoms in total. The van der Waals surface area contributed by atoms with E-state index in [1.54, 1.807) is 24.0 Å². The van der Waals surface area contributed by atoms with Crippen LogP contribution in [0, 0.1) is 5.82 Å². The zero-order chi connectivity index (χ0) is 15.3. The molecule has 1 N–H and O–H groups in total. The fourth-order valence-electron chi connectivity index (χ4n) is 2.54. The van der Waals surface area contributed by atoms with Crippen molar-refractivity contribution < 1.29 is 19.0 Å². The number of likely N-dealkylation sites (tertiary alicyclic amines) is 1. The number of benzene rings is 1. The van der Waals surface area contributed by atoms with E-state index in [0.29, 0.717) is 38.3 Å². The summed E-state index contributed by atoms with van der Waals surface area (Å²) in [5, 5.41) is 9.99. The lowest BCUT2D eigenvalue weighted by Gasteiger charge is -2.36. The number of nitrogens with zero attached hydrogens (tertiary/aromatic N) is 1. The van der Waals surface area contributed by atoms with E-state index in [2.05, 4.69) is 0 Å². The molecular formula is C16H22FNO3. The number of amides is 1. The molecule has 1 fully saturated rings. The smallest absolute Gasteiger partial charge is 0.222 e. The number of rotatable bonds is 5. The molecule has 21 heavy (non-hydrogen) atoms. The quantitative estimate of drug-likeness (QED) is 0.848. The summed E-state index contributed by atoms with van der Waals surface area (Å²) in [6, 6.07) is 5.82. The Hall–Kier alpha value is -1.62. The number of carbonyl (C=O) groups is 1. The predicted molar refractivity (Wildman–Crippen MR) is 77.6 cm³/mol. The van der Waals surface area contributed by atoms with Crippen LogP contribution in [0.25, 0.3) is 0 Å². The molecule has 1 aromatic carbocycles. The van der Waals surface area contributed by atoms with E-state index in [9.17, 15) is 14.3 Å². The van der Waals surface area contributed by atoms with Gasteiger partial charge < -0.3 is 14.7 Å². The van der Waals surface area contributed by atoms with Crippen molar-refractivity contribution in [1.29, 1.82) is 0 Å². The summed E-state index contributed by atoms with van der Waals surface area (Å²) >= 11 is 0. The van der Waals surface area contributed by atoms with Gasteiger partial charge in [0.2, 0.25) is 5.91 Å². The van der Waals surface area contributed by atoms with Crippen molar-refractivity contribution in [3.63, 3.8) is 0 Å². The van der Waals surface area contributed by atoms with E-state index in [1.165, 1.54) is 12.1 Å². The number of β-amino-alcohol motifs (C(OH)–C–C–N with tert-alkyl or cyclic N) is 1. The number of hydrogen-bond donors (Lipinski definition) is 1. The second kappa shape index (κ2) is 6.89. The second-order valence-corrected chi connectivity index (χ2v) is 5.82. The second-order valence-electron chi connectivity index (χ2n) is 5.82. The highest BCUT2D eigenvalue weighted by Crippen LogP contribution is 2.21. The van der Waals surface area contributed by atoms with Crippen molar-refractivity contribution in [3.8, 4) is 5.75 Å². The van der Waals surface area contributed by atoms with Gasteiger partial charge in [0.15, 0.2) is 0 Å². The highest BCUT2D eigenvalue weighted by atomic mass is 19.1. The molecule has 1 unspecified atom stereocenters. The molecular weight excluding hydrogens is 273 g/mol. The number of carbonyl (C=O) groups excluding carboxylic acids is 1. The van der Waals surface area contributed by atoms with Crippen LogP contribution in [0.2, 0.25) is 0 Å². The van der Waals surface area contributed by atoms with Gasteiger partial charge in [0.05, 0.1) is 12.2 Å². The predicted octanol–water partition coefficient (Wildman–Crippen LogP) is 2.36. The molecule has 0 saturated carbocycles. The maximum atomic E-state index is 12.7. The Morgan fingerprint density at radius 1 is 1.43 bits per heavy atom. The average molecular weight is 295 g/mol. The lowest BCUT2D eigenvalue weighted by atomic mass is 9.95. The average Bonchev–Trinajstić information content (AvgIpc) is 2.44. The highest BCUT2D eigenvalue weighted by molar-refractivity contribution is 5.76. The van der Waals surface area contributed by atoms with Gasteiger partial charge in [-0.3, -0.25) is 4.79 Å². The fraction of sp³-hybridized carbons (Fsp3) is 0.562. The van der Waals surface area contributed by atoms with Crippen LogP contribution < -0.4 is 4.74 Å². The molecule has 1 aliphatic rings. The van der Waals surface area contributed by atoms with Crippen molar-refractivity contribution in [2.45, 2.75) is 38.2 Å². The van der Waals surface area contributed by atoms with Gasteiger partial charge >= 0.3 is 0 Å². The van der Waals surface area contributed by atoms with Gasteiger partial charge in [-0.05, 0) is 50.5 Å². The molecule has 0 aromatic heterocycles. The van der Waals surface area contributed by atoms with Gasteiger partial charge in [0.1, 0.15) is 11.6 Å². The molecule has 1 aliphatic heterocycles. The first-order valence-corrected chi connectivity index (χ1v) is 7.35. The molecule has 1 saturated heterocycles. The van der Waals surface area contributed by atoms with Crippen molar-refractivity contribution in [3.05, 3.63) is 30.1 Å². The summed E-state index contributed by atoms with van der Waals surface area (Å²) in [7, 11) is 0. The summed E-state index contributed by atoms with van der Waals surface area (Å²) in [5.74, 6) is 0.358. The number of ether oxygens (including phenoxy) is 1. The van der Waals surface area contributed by atoms with Gasteiger partial charge in [-0.15, -0.1) is 0 Å². The van der Waals surface area contributed by atoms with Gasteiger partial charge in [0.25, 0.3) is 0 Å². The number of halogens is 1. The zero-order valence-corrected chi connectivity index (χ0v) is 12.3. The van der Waals surface area contributed by atoms with Crippen LogP contribution in [-0.4, -0.2) is 41.2 Å². The molecule has 1 aromatic rings. The third-order valence-corrected chi connectivity index (χ3v) is 3.64. The molecule has 0 aliphatic carbocycles. The minimum atomic E-state index is -0.765. The standard InChI is InChI=1S/C16H22FNO3/c1-16(20)9-3-10-18(12-16)15(19)4-2-11-21-14-7-5-13(17)6-8-14/h5-8,20H,2-4,9-12H2,1H3. The third kappa shape index (κ3) is 5.01. The number of piperidine rings is 1. The van der Waals surface area contributed by atoms with E-state index in [4.69, 9.17) is 4.74 Å². The Balaban J connectivity index is 1.68. The van der Waals surface area contributed by atoms with Crippen LogP contribution in [0.4, 0.5) is 4.39 Å². The van der Waals surface area contributed by atoms with Crippen LogP contribution in [0.5, 0.6) is 5.75 Å². The summed E-state index contributed by atoms with van der Waals surface area (Å²) in [6.07, 6.45) is 2.58. The Labute approximate surface area is 124 Å². The van der Waals surface area contributed by atoms with Crippen LogP contribution >= 0.6 is 0 Å². The Bertz CT molecular complexity index is 473. The monoisotopic (exact) mass is 295 g/mol. The largest absolute Gasteiger partial charge is 0.494 e. The molecule has 5 heteroatoms. The van der Waals surface area contributed by atoms with E-state index in [0.717, 1.165) is 12.8 Å². The number of aliphatic hydroxyl groups is 1. The minimum Gasteiger partial charge on any atom is -0.494 e. The Kier molecular flexibility index (Phi) is 5.17. The molecule has 0 spiro atoms. The molecule has 1 atom stereocenters. The van der Waals surface area contributed by atoms with Crippen LogP contribution in [0.15, 0.2) is 24.3 Å². The van der Waals surface area contributed by atoms with Crippen LogP contribution in [0.3, 0.4) is 0 Å². The maximum Gasteiger partial charge on any atom is 0.222 e. The van der Waals surface area contributed by atoms with Gasteiger partial charge in [-0.2, -0.15) is 0 Å². The lowest BCUT2D eigenvalue weighted by molar-refractivity contribution is -0.137. The molecule has 0 bridgehead atoms. The SMILES string of the molecule is CC1(O)CCCN(C(=O)CCCOc2ccc(F)cc2)C1. The molecule has 116 valence electrons. The van der Waals surface area contributed by atoms with Gasteiger partial charge in [-0.25, -0.2) is 4.39 Å². The van der Waals surface area contributed by atoms with Crippen LogP contribution in [-0.2, 0) is 4.79 Å². The maximum absolute atomic E-state index is 12.7. The van der Waals surface area contributed by atoms with E-state index in [1.807, 2.05) is 0 Å². The third-order valence-electron chi connectivity index (χ3n) is 3.64. The first-order chi connectivity index (χ1) is 9.96.